The summed E-state index contributed by atoms with van der Waals surface area (Å²) in [4.78, 5) is 8.75. The molecule has 0 amide bonds. The smallest absolute Gasteiger partial charge is 0.150 e. The summed E-state index contributed by atoms with van der Waals surface area (Å²) in [6.07, 6.45) is 10.1. The van der Waals surface area contributed by atoms with E-state index < -0.39 is 0 Å². The Bertz CT molecular complexity index is 543. The predicted molar refractivity (Wildman–Crippen MR) is 70.9 cm³/mol. The molecule has 17 heavy (non-hydrogen) atoms. The summed E-state index contributed by atoms with van der Waals surface area (Å²) >= 11 is 3.48. The highest BCUT2D eigenvalue weighted by atomic mass is 79.9. The lowest BCUT2D eigenvalue weighted by molar-refractivity contribution is 0.427. The lowest BCUT2D eigenvalue weighted by atomic mass is 9.89. The molecule has 1 saturated carbocycles. The molecule has 2 aromatic rings. The number of anilines is 1. The molecule has 2 aromatic heterocycles. The standard InChI is InChI=1S/C12H15BrN4/c13-10-9-11(14)15-6-7-17(9)12(16-10)8-4-2-1-3-5-8/h6-8H,1-5H2,(H2,14,15). The zero-order valence-electron chi connectivity index (χ0n) is 9.56. The Morgan fingerprint density at radius 1 is 1.29 bits per heavy atom. The molecule has 1 aliphatic carbocycles. The number of hydrogen-bond acceptors (Lipinski definition) is 3. The summed E-state index contributed by atoms with van der Waals surface area (Å²) in [6.45, 7) is 0. The highest BCUT2D eigenvalue weighted by Crippen LogP contribution is 2.34. The van der Waals surface area contributed by atoms with Crippen LogP contribution in [0.15, 0.2) is 17.0 Å². The maximum Gasteiger partial charge on any atom is 0.150 e. The number of nitrogens with two attached hydrogens (primary N) is 1. The van der Waals surface area contributed by atoms with Gasteiger partial charge in [0.1, 0.15) is 15.9 Å². The van der Waals surface area contributed by atoms with E-state index in [0.29, 0.717) is 11.7 Å². The van der Waals surface area contributed by atoms with Crippen molar-refractivity contribution in [1.29, 1.82) is 0 Å². The van der Waals surface area contributed by atoms with Crippen molar-refractivity contribution in [2.24, 2.45) is 0 Å². The molecular weight excluding hydrogens is 280 g/mol. The van der Waals surface area contributed by atoms with Crippen molar-refractivity contribution in [1.82, 2.24) is 14.4 Å². The second-order valence-electron chi connectivity index (χ2n) is 4.63. The first kappa shape index (κ1) is 11.0. The third kappa shape index (κ3) is 1.82. The molecule has 1 aliphatic rings. The van der Waals surface area contributed by atoms with E-state index in [1.165, 1.54) is 32.1 Å². The van der Waals surface area contributed by atoms with E-state index in [-0.39, 0.29) is 0 Å². The van der Waals surface area contributed by atoms with Crippen LogP contribution in [0.3, 0.4) is 0 Å². The Kier molecular flexibility index (Phi) is 2.78. The van der Waals surface area contributed by atoms with Crippen molar-refractivity contribution in [3.8, 4) is 0 Å². The number of nitrogens with zero attached hydrogens (tertiary/aromatic N) is 3. The molecule has 2 N–H and O–H groups in total. The molecule has 2 heterocycles. The minimum absolute atomic E-state index is 0.536. The third-order valence-electron chi connectivity index (χ3n) is 3.54. The molecule has 3 rings (SSSR count). The van der Waals surface area contributed by atoms with E-state index in [1.807, 2.05) is 6.20 Å². The highest BCUT2D eigenvalue weighted by molar-refractivity contribution is 9.10. The fraction of sp³-hybridized carbons (Fsp3) is 0.500. The predicted octanol–water partition coefficient (Wildman–Crippen LogP) is 3.12. The number of imidazole rings is 1. The van der Waals surface area contributed by atoms with Gasteiger partial charge in [0.2, 0.25) is 0 Å². The van der Waals surface area contributed by atoms with Crippen LogP contribution >= 0.6 is 15.9 Å². The lowest BCUT2D eigenvalue weighted by Crippen LogP contribution is -2.09. The van der Waals surface area contributed by atoms with Crippen molar-refractivity contribution >= 4 is 27.3 Å². The number of fused-ring (bicyclic) bond motifs is 1. The minimum atomic E-state index is 0.536. The molecule has 0 atom stereocenters. The van der Waals surface area contributed by atoms with Gasteiger partial charge in [-0.15, -0.1) is 0 Å². The Balaban J connectivity index is 2.13. The molecule has 0 aliphatic heterocycles. The Morgan fingerprint density at radius 2 is 2.06 bits per heavy atom. The van der Waals surface area contributed by atoms with Crippen LogP contribution in [0.1, 0.15) is 43.8 Å². The SMILES string of the molecule is Nc1nccn2c(C3CCCCC3)nc(Br)c12. The molecule has 90 valence electrons. The molecule has 1 fully saturated rings. The van der Waals surface area contributed by atoms with Gasteiger partial charge in [-0.05, 0) is 28.8 Å². The van der Waals surface area contributed by atoms with Crippen LogP contribution in [0.5, 0.6) is 0 Å². The second-order valence-corrected chi connectivity index (χ2v) is 5.38. The maximum absolute atomic E-state index is 5.90. The van der Waals surface area contributed by atoms with Crippen LogP contribution in [-0.4, -0.2) is 14.4 Å². The van der Waals surface area contributed by atoms with Gasteiger partial charge in [-0.3, -0.25) is 4.40 Å². The van der Waals surface area contributed by atoms with E-state index in [1.54, 1.807) is 6.20 Å². The Hall–Kier alpha value is -1.10. The van der Waals surface area contributed by atoms with Gasteiger partial charge in [0.05, 0.1) is 0 Å². The molecule has 0 spiro atoms. The number of rotatable bonds is 1. The fourth-order valence-electron chi connectivity index (χ4n) is 2.69. The molecule has 0 saturated heterocycles. The van der Waals surface area contributed by atoms with Crippen molar-refractivity contribution in [3.05, 3.63) is 22.8 Å². The van der Waals surface area contributed by atoms with Crippen LogP contribution in [0.25, 0.3) is 5.52 Å². The largest absolute Gasteiger partial charge is 0.382 e. The normalized spacial score (nSPS) is 17.7. The first-order valence-electron chi connectivity index (χ1n) is 6.05. The van der Waals surface area contributed by atoms with Gasteiger partial charge in [-0.25, -0.2) is 9.97 Å². The third-order valence-corrected chi connectivity index (χ3v) is 4.09. The molecular formula is C12H15BrN4. The minimum Gasteiger partial charge on any atom is -0.382 e. The van der Waals surface area contributed by atoms with Crippen LogP contribution in [-0.2, 0) is 0 Å². The first-order valence-corrected chi connectivity index (χ1v) is 6.84. The molecule has 5 heteroatoms. The van der Waals surface area contributed by atoms with E-state index in [4.69, 9.17) is 5.73 Å². The van der Waals surface area contributed by atoms with Crippen molar-refractivity contribution in [3.63, 3.8) is 0 Å². The molecule has 0 unspecified atom stereocenters. The van der Waals surface area contributed by atoms with Crippen LogP contribution in [0.2, 0.25) is 0 Å². The van der Waals surface area contributed by atoms with Gasteiger partial charge in [-0.1, -0.05) is 19.3 Å². The maximum atomic E-state index is 5.90. The molecule has 0 bridgehead atoms. The number of hydrogen-bond donors (Lipinski definition) is 1. The van der Waals surface area contributed by atoms with Gasteiger partial charge in [0.25, 0.3) is 0 Å². The zero-order valence-corrected chi connectivity index (χ0v) is 11.2. The number of halogens is 1. The summed E-state index contributed by atoms with van der Waals surface area (Å²) < 4.78 is 2.89. The Labute approximate surface area is 108 Å². The summed E-state index contributed by atoms with van der Waals surface area (Å²) in [5, 5.41) is 0. The van der Waals surface area contributed by atoms with Crippen LogP contribution in [0, 0.1) is 0 Å². The van der Waals surface area contributed by atoms with E-state index >= 15 is 0 Å². The number of nitrogen functional groups attached to an aromatic ring is 1. The van der Waals surface area contributed by atoms with Crippen LogP contribution < -0.4 is 5.73 Å². The molecule has 4 nitrogen and oxygen atoms in total. The molecule has 0 aromatic carbocycles. The van der Waals surface area contributed by atoms with Crippen molar-refractivity contribution in [2.75, 3.05) is 5.73 Å². The van der Waals surface area contributed by atoms with E-state index in [2.05, 4.69) is 30.3 Å². The second kappa shape index (κ2) is 4.29. The first-order chi connectivity index (χ1) is 8.27. The van der Waals surface area contributed by atoms with Gasteiger partial charge in [-0.2, -0.15) is 0 Å². The average Bonchev–Trinajstić information content (AvgIpc) is 2.69. The quantitative estimate of drug-likeness (QED) is 0.879. The zero-order chi connectivity index (χ0) is 11.8. The fourth-order valence-corrected chi connectivity index (χ4v) is 3.27. The van der Waals surface area contributed by atoms with Gasteiger partial charge in [0, 0.05) is 18.3 Å². The summed E-state index contributed by atoms with van der Waals surface area (Å²) in [5.74, 6) is 2.22. The molecule has 0 radical (unpaired) electrons. The van der Waals surface area contributed by atoms with Gasteiger partial charge >= 0.3 is 0 Å². The highest BCUT2D eigenvalue weighted by Gasteiger charge is 2.22. The average molecular weight is 295 g/mol. The summed E-state index contributed by atoms with van der Waals surface area (Å²) in [5.41, 5.74) is 6.79. The Morgan fingerprint density at radius 3 is 2.82 bits per heavy atom. The van der Waals surface area contributed by atoms with Gasteiger partial charge in [0.15, 0.2) is 5.82 Å². The summed E-state index contributed by atoms with van der Waals surface area (Å²) in [7, 11) is 0. The number of aromatic nitrogens is 3. The monoisotopic (exact) mass is 294 g/mol. The lowest BCUT2D eigenvalue weighted by Gasteiger charge is -2.20. The summed E-state index contributed by atoms with van der Waals surface area (Å²) in [6, 6.07) is 0. The van der Waals surface area contributed by atoms with Crippen LogP contribution in [0.4, 0.5) is 5.82 Å². The van der Waals surface area contributed by atoms with Crippen molar-refractivity contribution in [2.45, 2.75) is 38.0 Å². The van der Waals surface area contributed by atoms with E-state index in [9.17, 15) is 0 Å². The van der Waals surface area contributed by atoms with Crippen molar-refractivity contribution < 1.29 is 0 Å². The van der Waals surface area contributed by atoms with E-state index in [0.717, 1.165) is 15.9 Å². The topological polar surface area (TPSA) is 56.2 Å². The van der Waals surface area contributed by atoms with Gasteiger partial charge < -0.3 is 5.73 Å².